The van der Waals surface area contributed by atoms with E-state index in [1.165, 1.54) is 56.0 Å². The Morgan fingerprint density at radius 1 is 1.20 bits per heavy atom. The zero-order valence-corrected chi connectivity index (χ0v) is 19.1. The van der Waals surface area contributed by atoms with Crippen molar-refractivity contribution in [3.05, 3.63) is 35.9 Å². The lowest BCUT2D eigenvalue weighted by Crippen LogP contribution is -2.35. The first-order chi connectivity index (χ1) is 14.4. The maximum atomic E-state index is 13.5. The van der Waals surface area contributed by atoms with Crippen molar-refractivity contribution in [2.75, 3.05) is 20.6 Å². The van der Waals surface area contributed by atoms with Crippen molar-refractivity contribution >= 4 is 17.7 Å². The molecule has 0 aliphatic heterocycles. The summed E-state index contributed by atoms with van der Waals surface area (Å²) in [6.07, 6.45) is 6.24. The summed E-state index contributed by atoms with van der Waals surface area (Å²) >= 11 is 1.38. The molecule has 8 heteroatoms. The van der Waals surface area contributed by atoms with E-state index >= 15 is 0 Å². The van der Waals surface area contributed by atoms with Crippen LogP contribution in [0.15, 0.2) is 29.4 Å². The Balaban J connectivity index is 1.75. The Morgan fingerprint density at radius 2 is 1.87 bits per heavy atom. The van der Waals surface area contributed by atoms with Crippen LogP contribution < -0.4 is 5.32 Å². The second kappa shape index (κ2) is 10.4. The molecule has 2 atom stereocenters. The smallest absolute Gasteiger partial charge is 0.233 e. The molecule has 30 heavy (non-hydrogen) atoms. The van der Waals surface area contributed by atoms with Gasteiger partial charge in [-0.1, -0.05) is 31.0 Å². The van der Waals surface area contributed by atoms with Crippen molar-refractivity contribution in [3.8, 4) is 5.69 Å². The van der Waals surface area contributed by atoms with Crippen molar-refractivity contribution in [2.24, 2.45) is 5.92 Å². The average Bonchev–Trinajstić information content (AvgIpc) is 3.15. The van der Waals surface area contributed by atoms with E-state index in [9.17, 15) is 9.18 Å². The van der Waals surface area contributed by atoms with E-state index in [-0.39, 0.29) is 23.0 Å². The highest BCUT2D eigenvalue weighted by Gasteiger charge is 2.25. The zero-order valence-electron chi connectivity index (χ0n) is 18.3. The maximum Gasteiger partial charge on any atom is 0.233 e. The molecule has 0 bridgehead atoms. The molecule has 1 saturated carbocycles. The van der Waals surface area contributed by atoms with Crippen molar-refractivity contribution in [1.82, 2.24) is 25.0 Å². The number of hydrogen-bond donors (Lipinski definition) is 1. The van der Waals surface area contributed by atoms with Gasteiger partial charge < -0.3 is 5.32 Å². The van der Waals surface area contributed by atoms with Gasteiger partial charge in [0, 0.05) is 12.2 Å². The third-order valence-electron chi connectivity index (χ3n) is 5.83. The summed E-state index contributed by atoms with van der Waals surface area (Å²) in [6.45, 7) is 4.68. The van der Waals surface area contributed by atoms with Crippen LogP contribution in [0.3, 0.4) is 0 Å². The Labute approximate surface area is 182 Å². The molecular formula is C22H32FN5OS. The molecule has 0 radical (unpaired) electrons. The fraction of sp³-hybridized carbons (Fsp3) is 0.591. The quantitative estimate of drug-likeness (QED) is 0.632. The van der Waals surface area contributed by atoms with Gasteiger partial charge in [0.1, 0.15) is 5.82 Å². The maximum absolute atomic E-state index is 13.5. The number of thioether (sulfide) groups is 1. The number of benzene rings is 1. The number of halogens is 1. The molecule has 3 rings (SSSR count). The fourth-order valence-electron chi connectivity index (χ4n) is 3.68. The molecule has 6 nitrogen and oxygen atoms in total. The van der Waals surface area contributed by atoms with Gasteiger partial charge in [0.2, 0.25) is 5.91 Å². The molecule has 1 amide bonds. The zero-order chi connectivity index (χ0) is 21.7. The van der Waals surface area contributed by atoms with E-state index in [0.29, 0.717) is 11.1 Å². The summed E-state index contributed by atoms with van der Waals surface area (Å²) in [5.41, 5.74) is 0.780. The SMILES string of the molecule is C[C@H](c1nnc(S[C@H](C)C(=O)NCC2CCCCC2)n1-c1ccc(F)cc1)N(C)C. The van der Waals surface area contributed by atoms with Crippen LogP contribution in [0.1, 0.15) is 57.8 Å². The lowest BCUT2D eigenvalue weighted by Gasteiger charge is -2.23. The number of carbonyl (C=O) groups excluding carboxylic acids is 1. The van der Waals surface area contributed by atoms with Gasteiger partial charge in [-0.15, -0.1) is 10.2 Å². The van der Waals surface area contributed by atoms with Gasteiger partial charge in [0.05, 0.1) is 11.3 Å². The standard InChI is InChI=1S/C22H32FN5OS/c1-15(27(3)4)20-25-26-22(28(20)19-12-10-18(23)11-13-19)30-16(2)21(29)24-14-17-8-6-5-7-9-17/h10-13,15-17H,5-9,14H2,1-4H3,(H,24,29)/t15-,16-/m1/s1. The number of nitrogens with one attached hydrogen (secondary N) is 1. The molecule has 0 saturated heterocycles. The van der Waals surface area contributed by atoms with Crippen molar-refractivity contribution in [1.29, 1.82) is 0 Å². The minimum atomic E-state index is -0.306. The second-order valence-electron chi connectivity index (χ2n) is 8.30. The lowest BCUT2D eigenvalue weighted by atomic mass is 9.89. The van der Waals surface area contributed by atoms with E-state index in [2.05, 4.69) is 15.5 Å². The van der Waals surface area contributed by atoms with Gasteiger partial charge in [-0.05, 0) is 71.0 Å². The molecule has 1 aliphatic rings. The van der Waals surface area contributed by atoms with Gasteiger partial charge >= 0.3 is 0 Å². The Kier molecular flexibility index (Phi) is 7.88. The topological polar surface area (TPSA) is 63.1 Å². The molecule has 1 aromatic carbocycles. The van der Waals surface area contributed by atoms with Crippen molar-refractivity contribution in [2.45, 2.75) is 62.4 Å². The van der Waals surface area contributed by atoms with Crippen LogP contribution >= 0.6 is 11.8 Å². The van der Waals surface area contributed by atoms with Crippen molar-refractivity contribution in [3.63, 3.8) is 0 Å². The number of amides is 1. The third kappa shape index (κ3) is 5.60. The number of rotatable bonds is 8. The highest BCUT2D eigenvalue weighted by atomic mass is 32.2. The van der Waals surface area contributed by atoms with E-state index in [1.807, 2.05) is 37.4 Å². The molecule has 1 N–H and O–H groups in total. The van der Waals surface area contributed by atoms with Crippen LogP contribution in [0.4, 0.5) is 4.39 Å². The number of aromatic nitrogens is 3. The Bertz CT molecular complexity index is 833. The minimum absolute atomic E-state index is 0.00679. The minimum Gasteiger partial charge on any atom is -0.355 e. The summed E-state index contributed by atoms with van der Waals surface area (Å²) in [4.78, 5) is 14.7. The first-order valence-electron chi connectivity index (χ1n) is 10.7. The molecule has 1 fully saturated rings. The predicted molar refractivity (Wildman–Crippen MR) is 118 cm³/mol. The lowest BCUT2D eigenvalue weighted by molar-refractivity contribution is -0.120. The molecular weight excluding hydrogens is 401 g/mol. The highest BCUT2D eigenvalue weighted by molar-refractivity contribution is 8.00. The molecule has 0 spiro atoms. The van der Waals surface area contributed by atoms with Crippen molar-refractivity contribution < 1.29 is 9.18 Å². The summed E-state index contributed by atoms with van der Waals surface area (Å²) in [6, 6.07) is 6.28. The fourth-order valence-corrected chi connectivity index (χ4v) is 4.58. The molecule has 1 aliphatic carbocycles. The van der Waals surface area contributed by atoms with Crippen LogP contribution in [0.25, 0.3) is 5.69 Å². The van der Waals surface area contributed by atoms with Crippen LogP contribution in [-0.4, -0.2) is 51.5 Å². The summed E-state index contributed by atoms with van der Waals surface area (Å²) < 4.78 is 15.4. The van der Waals surface area contributed by atoms with Gasteiger partial charge in [0.15, 0.2) is 11.0 Å². The number of hydrogen-bond acceptors (Lipinski definition) is 5. The third-order valence-corrected chi connectivity index (χ3v) is 6.88. The first kappa shape index (κ1) is 22.7. The number of carbonyl (C=O) groups is 1. The monoisotopic (exact) mass is 433 g/mol. The normalized spacial score (nSPS) is 17.1. The first-order valence-corrected chi connectivity index (χ1v) is 11.6. The molecule has 1 heterocycles. The van der Waals surface area contributed by atoms with E-state index < -0.39 is 0 Å². The molecule has 2 aromatic rings. The van der Waals surface area contributed by atoms with Crippen LogP contribution in [0.2, 0.25) is 0 Å². The van der Waals surface area contributed by atoms with Crippen LogP contribution in [0, 0.1) is 11.7 Å². The largest absolute Gasteiger partial charge is 0.355 e. The number of nitrogens with zero attached hydrogens (tertiary/aromatic N) is 4. The van der Waals surface area contributed by atoms with E-state index in [1.54, 1.807) is 12.1 Å². The van der Waals surface area contributed by atoms with Gasteiger partial charge in [-0.25, -0.2) is 4.39 Å². The molecule has 0 unspecified atom stereocenters. The summed E-state index contributed by atoms with van der Waals surface area (Å²) in [5.74, 6) is 1.07. The molecule has 1 aromatic heterocycles. The van der Waals surface area contributed by atoms with Gasteiger partial charge in [-0.2, -0.15) is 0 Å². The second-order valence-corrected chi connectivity index (χ2v) is 9.61. The van der Waals surface area contributed by atoms with Gasteiger partial charge in [0.25, 0.3) is 0 Å². The van der Waals surface area contributed by atoms with Crippen LogP contribution in [0.5, 0.6) is 0 Å². The Morgan fingerprint density at radius 3 is 2.50 bits per heavy atom. The summed E-state index contributed by atoms with van der Waals surface area (Å²) in [7, 11) is 3.95. The predicted octanol–water partition coefficient (Wildman–Crippen LogP) is 4.21. The van der Waals surface area contributed by atoms with E-state index in [0.717, 1.165) is 18.1 Å². The molecule has 164 valence electrons. The Hall–Kier alpha value is -1.93. The highest BCUT2D eigenvalue weighted by Crippen LogP contribution is 2.29. The van der Waals surface area contributed by atoms with Crippen LogP contribution in [-0.2, 0) is 4.79 Å². The van der Waals surface area contributed by atoms with Gasteiger partial charge in [-0.3, -0.25) is 14.3 Å². The van der Waals surface area contributed by atoms with E-state index in [4.69, 9.17) is 0 Å². The average molecular weight is 434 g/mol. The summed E-state index contributed by atoms with van der Waals surface area (Å²) in [5, 5.41) is 12.2.